The number of rotatable bonds is 12. The Kier molecular flexibility index (Phi) is 8.63. The first-order valence-electron chi connectivity index (χ1n) is 11.1. The van der Waals surface area contributed by atoms with E-state index in [4.69, 9.17) is 14.5 Å². The lowest BCUT2D eigenvalue weighted by Gasteiger charge is -2.20. The summed E-state index contributed by atoms with van der Waals surface area (Å²) in [5.41, 5.74) is 2.37. The Bertz CT molecular complexity index is 1080. The topological polar surface area (TPSA) is 110 Å². The third-order valence-corrected chi connectivity index (χ3v) is 5.23. The van der Waals surface area contributed by atoms with Crippen molar-refractivity contribution in [3.63, 3.8) is 0 Å². The van der Waals surface area contributed by atoms with Crippen molar-refractivity contribution in [1.82, 2.24) is 20.3 Å². The highest BCUT2D eigenvalue weighted by Crippen LogP contribution is 2.26. The van der Waals surface area contributed by atoms with Crippen molar-refractivity contribution >= 4 is 28.7 Å². The van der Waals surface area contributed by atoms with Crippen LogP contribution >= 0.6 is 0 Å². The first-order chi connectivity index (χ1) is 16.0. The van der Waals surface area contributed by atoms with Crippen molar-refractivity contribution in [3.05, 3.63) is 42.1 Å². The summed E-state index contributed by atoms with van der Waals surface area (Å²) < 4.78 is 10.8. The number of hydrogen-bond acceptors (Lipinski definition) is 8. The number of benzene rings is 1. The zero-order chi connectivity index (χ0) is 23.6. The van der Waals surface area contributed by atoms with Gasteiger partial charge in [0.05, 0.1) is 19.7 Å². The van der Waals surface area contributed by atoms with Gasteiger partial charge in [-0.2, -0.15) is 4.98 Å². The molecule has 0 aliphatic rings. The number of aromatic nitrogens is 3. The minimum atomic E-state index is -0.0558. The molecular weight excluding hydrogens is 420 g/mol. The minimum absolute atomic E-state index is 0.0310. The Balaban J connectivity index is 1.84. The zero-order valence-electron chi connectivity index (χ0n) is 19.6. The Morgan fingerprint density at radius 3 is 2.73 bits per heavy atom. The SMILES string of the molecule is CCCCC(CNC(C)=O)Nc1nc(NCc2ccc(OC)cc2OC)nc2cccnc12. The summed E-state index contributed by atoms with van der Waals surface area (Å²) in [4.78, 5) is 25.3. The molecule has 1 amide bonds. The van der Waals surface area contributed by atoms with Crippen molar-refractivity contribution in [3.8, 4) is 11.5 Å². The maximum atomic E-state index is 11.4. The van der Waals surface area contributed by atoms with Crippen molar-refractivity contribution < 1.29 is 14.3 Å². The molecule has 176 valence electrons. The predicted molar refractivity (Wildman–Crippen MR) is 130 cm³/mol. The molecule has 0 aliphatic carbocycles. The first-order valence-corrected chi connectivity index (χ1v) is 11.1. The molecule has 0 fully saturated rings. The molecule has 1 atom stereocenters. The van der Waals surface area contributed by atoms with Crippen LogP contribution < -0.4 is 25.4 Å². The van der Waals surface area contributed by atoms with Gasteiger partial charge in [-0.3, -0.25) is 9.78 Å². The summed E-state index contributed by atoms with van der Waals surface area (Å²) in [6.07, 6.45) is 4.73. The first kappa shape index (κ1) is 24.0. The second-order valence-electron chi connectivity index (χ2n) is 7.72. The Hall–Kier alpha value is -3.62. The number of fused-ring (bicyclic) bond motifs is 1. The van der Waals surface area contributed by atoms with E-state index < -0.39 is 0 Å². The molecular formula is C24H32N6O3. The van der Waals surface area contributed by atoms with Crippen molar-refractivity contribution in [1.29, 1.82) is 0 Å². The number of carbonyl (C=O) groups is 1. The number of ether oxygens (including phenoxy) is 2. The van der Waals surface area contributed by atoms with Crippen LogP contribution in [-0.4, -0.2) is 47.7 Å². The Morgan fingerprint density at radius 2 is 2.00 bits per heavy atom. The van der Waals surface area contributed by atoms with Crippen LogP contribution in [0.2, 0.25) is 0 Å². The number of anilines is 2. The number of unbranched alkanes of at least 4 members (excludes halogenated alkanes) is 1. The molecule has 1 aromatic carbocycles. The van der Waals surface area contributed by atoms with Crippen LogP contribution in [0.25, 0.3) is 11.0 Å². The van der Waals surface area contributed by atoms with Gasteiger partial charge in [-0.05, 0) is 30.7 Å². The third kappa shape index (κ3) is 6.68. The highest BCUT2D eigenvalue weighted by atomic mass is 16.5. The van der Waals surface area contributed by atoms with Gasteiger partial charge in [-0.15, -0.1) is 0 Å². The molecule has 0 radical (unpaired) electrons. The van der Waals surface area contributed by atoms with Crippen molar-refractivity contribution in [2.75, 3.05) is 31.4 Å². The maximum Gasteiger partial charge on any atom is 0.225 e. The van der Waals surface area contributed by atoms with E-state index in [0.717, 1.165) is 41.8 Å². The number of methoxy groups -OCH3 is 2. The van der Waals surface area contributed by atoms with Gasteiger partial charge in [0.2, 0.25) is 11.9 Å². The fourth-order valence-electron chi connectivity index (χ4n) is 3.46. The number of hydrogen-bond donors (Lipinski definition) is 3. The van der Waals surface area contributed by atoms with E-state index in [9.17, 15) is 4.79 Å². The van der Waals surface area contributed by atoms with Gasteiger partial charge >= 0.3 is 0 Å². The van der Waals surface area contributed by atoms with Crippen LogP contribution in [-0.2, 0) is 11.3 Å². The lowest BCUT2D eigenvalue weighted by molar-refractivity contribution is -0.119. The maximum absolute atomic E-state index is 11.4. The number of carbonyl (C=O) groups excluding carboxylic acids is 1. The van der Waals surface area contributed by atoms with Crippen LogP contribution in [0.1, 0.15) is 38.7 Å². The quantitative estimate of drug-likeness (QED) is 0.381. The van der Waals surface area contributed by atoms with Gasteiger partial charge in [0.15, 0.2) is 5.82 Å². The normalized spacial score (nSPS) is 11.6. The van der Waals surface area contributed by atoms with E-state index >= 15 is 0 Å². The van der Waals surface area contributed by atoms with Gasteiger partial charge in [0, 0.05) is 43.9 Å². The van der Waals surface area contributed by atoms with E-state index in [1.54, 1.807) is 20.4 Å². The van der Waals surface area contributed by atoms with Crippen LogP contribution in [0.3, 0.4) is 0 Å². The molecule has 9 heteroatoms. The molecule has 9 nitrogen and oxygen atoms in total. The minimum Gasteiger partial charge on any atom is -0.497 e. The molecule has 0 aliphatic heterocycles. The second-order valence-corrected chi connectivity index (χ2v) is 7.72. The van der Waals surface area contributed by atoms with E-state index in [2.05, 4.69) is 32.8 Å². The molecule has 0 saturated heterocycles. The van der Waals surface area contributed by atoms with Crippen LogP contribution in [0.4, 0.5) is 11.8 Å². The predicted octanol–water partition coefficient (Wildman–Crippen LogP) is 3.76. The van der Waals surface area contributed by atoms with E-state index in [0.29, 0.717) is 30.4 Å². The van der Waals surface area contributed by atoms with Crippen LogP contribution in [0.5, 0.6) is 11.5 Å². The van der Waals surface area contributed by atoms with E-state index in [-0.39, 0.29) is 11.9 Å². The molecule has 2 aromatic heterocycles. The van der Waals surface area contributed by atoms with Crippen LogP contribution in [0.15, 0.2) is 36.5 Å². The average molecular weight is 453 g/mol. The van der Waals surface area contributed by atoms with E-state index in [1.165, 1.54) is 6.92 Å². The number of amides is 1. The third-order valence-electron chi connectivity index (χ3n) is 5.23. The largest absolute Gasteiger partial charge is 0.497 e. The molecule has 0 spiro atoms. The summed E-state index contributed by atoms with van der Waals surface area (Å²) in [5, 5.41) is 9.67. The number of nitrogens with zero attached hydrogens (tertiary/aromatic N) is 3. The van der Waals surface area contributed by atoms with Gasteiger partial charge in [0.25, 0.3) is 0 Å². The standard InChI is InChI=1S/C24H32N6O3/c1-5-6-8-18(15-26-16(2)31)28-23-22-20(9-7-12-25-22)29-24(30-23)27-14-17-10-11-19(32-3)13-21(17)33-4/h7,9-13,18H,5-6,8,14-15H2,1-4H3,(H,26,31)(H2,27,28,29,30). The van der Waals surface area contributed by atoms with Crippen LogP contribution in [0, 0.1) is 0 Å². The monoisotopic (exact) mass is 452 g/mol. The highest BCUT2D eigenvalue weighted by Gasteiger charge is 2.15. The molecule has 3 rings (SSSR count). The summed E-state index contributed by atoms with van der Waals surface area (Å²) in [7, 11) is 3.25. The lowest BCUT2D eigenvalue weighted by Crippen LogP contribution is -2.35. The molecule has 3 N–H and O–H groups in total. The lowest BCUT2D eigenvalue weighted by atomic mass is 10.1. The average Bonchev–Trinajstić information content (AvgIpc) is 2.84. The number of nitrogens with one attached hydrogen (secondary N) is 3. The summed E-state index contributed by atoms with van der Waals surface area (Å²) in [6.45, 7) is 4.66. The van der Waals surface area contributed by atoms with Gasteiger partial charge in [0.1, 0.15) is 17.0 Å². The molecule has 3 aromatic rings. The molecule has 0 bridgehead atoms. The van der Waals surface area contributed by atoms with E-state index in [1.807, 2.05) is 30.3 Å². The fraction of sp³-hybridized carbons (Fsp3) is 0.417. The number of pyridine rings is 1. The summed E-state index contributed by atoms with van der Waals surface area (Å²) >= 11 is 0. The zero-order valence-corrected chi connectivity index (χ0v) is 19.6. The molecule has 0 saturated carbocycles. The second kappa shape index (κ2) is 11.8. The van der Waals surface area contributed by atoms with Crippen molar-refractivity contribution in [2.24, 2.45) is 0 Å². The van der Waals surface area contributed by atoms with Crippen molar-refractivity contribution in [2.45, 2.75) is 45.7 Å². The van der Waals surface area contributed by atoms with Gasteiger partial charge in [-0.25, -0.2) is 4.98 Å². The molecule has 33 heavy (non-hydrogen) atoms. The van der Waals surface area contributed by atoms with Gasteiger partial charge in [-0.1, -0.05) is 19.8 Å². The summed E-state index contributed by atoms with van der Waals surface area (Å²) in [5.74, 6) is 2.51. The summed E-state index contributed by atoms with van der Waals surface area (Å²) in [6, 6.07) is 9.46. The Morgan fingerprint density at radius 1 is 1.15 bits per heavy atom. The highest BCUT2D eigenvalue weighted by molar-refractivity contribution is 5.86. The van der Waals surface area contributed by atoms with Gasteiger partial charge < -0.3 is 25.4 Å². The fourth-order valence-corrected chi connectivity index (χ4v) is 3.46. The molecule has 2 heterocycles. The Labute approximate surface area is 194 Å². The smallest absolute Gasteiger partial charge is 0.225 e. The molecule has 1 unspecified atom stereocenters.